The van der Waals surface area contributed by atoms with Crippen LogP contribution in [0.25, 0.3) is 0 Å². The highest BCUT2D eigenvalue weighted by molar-refractivity contribution is 4.96. The van der Waals surface area contributed by atoms with Crippen molar-refractivity contribution in [1.82, 2.24) is 4.90 Å². The third-order valence-electron chi connectivity index (χ3n) is 3.43. The molecule has 0 radical (unpaired) electrons. The Morgan fingerprint density at radius 3 is 2.07 bits per heavy atom. The van der Waals surface area contributed by atoms with Crippen molar-refractivity contribution in [2.45, 2.75) is 47.5 Å². The summed E-state index contributed by atoms with van der Waals surface area (Å²) >= 11 is 0. The summed E-state index contributed by atoms with van der Waals surface area (Å²) in [5, 5.41) is 0. The molecule has 0 aliphatic heterocycles. The lowest BCUT2D eigenvalue weighted by atomic mass is 9.91. The minimum absolute atomic E-state index is 0.559. The van der Waals surface area contributed by atoms with Crippen molar-refractivity contribution < 1.29 is 0 Å². The Bertz CT molecular complexity index is 184. The van der Waals surface area contributed by atoms with Crippen molar-refractivity contribution in [1.29, 1.82) is 0 Å². The molecule has 0 aliphatic carbocycles. The second kappa shape index (κ2) is 6.92. The van der Waals surface area contributed by atoms with Crippen LogP contribution in [0.1, 0.15) is 47.5 Å². The van der Waals surface area contributed by atoms with Gasteiger partial charge in [-0.15, -0.1) is 0 Å². The van der Waals surface area contributed by atoms with Gasteiger partial charge in [0, 0.05) is 19.3 Å². The van der Waals surface area contributed by atoms with E-state index in [1.54, 1.807) is 0 Å². The maximum absolute atomic E-state index is 4.14. The van der Waals surface area contributed by atoms with Crippen molar-refractivity contribution in [3.8, 4) is 0 Å². The zero-order chi connectivity index (χ0) is 12.0. The Hall–Kier alpha value is -0.460. The fourth-order valence-electron chi connectivity index (χ4n) is 1.91. The highest BCUT2D eigenvalue weighted by Crippen LogP contribution is 2.20. The second-order valence-corrected chi connectivity index (χ2v) is 5.27. The lowest BCUT2D eigenvalue weighted by Crippen LogP contribution is -2.28. The van der Waals surface area contributed by atoms with Crippen molar-refractivity contribution in [3.63, 3.8) is 0 Å². The van der Waals surface area contributed by atoms with Gasteiger partial charge in [0.2, 0.25) is 0 Å². The minimum Gasteiger partial charge on any atom is -0.378 e. The van der Waals surface area contributed by atoms with E-state index in [0.29, 0.717) is 5.92 Å². The predicted molar refractivity (Wildman–Crippen MR) is 69.8 cm³/mol. The first kappa shape index (κ1) is 14.5. The van der Waals surface area contributed by atoms with E-state index in [0.717, 1.165) is 18.4 Å². The van der Waals surface area contributed by atoms with E-state index in [4.69, 9.17) is 0 Å². The molecule has 1 nitrogen and oxygen atoms in total. The summed E-state index contributed by atoms with van der Waals surface area (Å²) in [6, 6.07) is 0. The molecule has 0 aromatic carbocycles. The van der Waals surface area contributed by atoms with Crippen molar-refractivity contribution >= 4 is 0 Å². The van der Waals surface area contributed by atoms with Gasteiger partial charge in [-0.2, -0.15) is 0 Å². The fraction of sp³-hybridized carbons (Fsp3) is 0.857. The molecule has 90 valence electrons. The third-order valence-corrected chi connectivity index (χ3v) is 3.43. The summed E-state index contributed by atoms with van der Waals surface area (Å²) in [6.45, 7) is 16.7. The smallest absolute Gasteiger partial charge is 0.0199 e. The maximum Gasteiger partial charge on any atom is 0.0199 e. The molecule has 2 unspecified atom stereocenters. The van der Waals surface area contributed by atoms with Gasteiger partial charge in [-0.25, -0.2) is 0 Å². The zero-order valence-electron chi connectivity index (χ0n) is 11.5. The summed E-state index contributed by atoms with van der Waals surface area (Å²) in [7, 11) is 2.16. The molecular formula is C14H29N. The first-order chi connectivity index (χ1) is 6.90. The van der Waals surface area contributed by atoms with Crippen LogP contribution in [0.2, 0.25) is 0 Å². The number of hydrogen-bond acceptors (Lipinski definition) is 1. The fourth-order valence-corrected chi connectivity index (χ4v) is 1.91. The Kier molecular flexibility index (Phi) is 6.71. The van der Waals surface area contributed by atoms with Crippen molar-refractivity contribution in [3.05, 3.63) is 12.3 Å². The first-order valence-corrected chi connectivity index (χ1v) is 6.30. The van der Waals surface area contributed by atoms with Gasteiger partial charge < -0.3 is 4.90 Å². The molecule has 2 atom stereocenters. The Morgan fingerprint density at radius 2 is 1.67 bits per heavy atom. The molecule has 0 spiro atoms. The van der Waals surface area contributed by atoms with E-state index in [1.165, 1.54) is 18.5 Å². The van der Waals surface area contributed by atoms with Gasteiger partial charge in [0.1, 0.15) is 0 Å². The van der Waals surface area contributed by atoms with Crippen molar-refractivity contribution in [2.24, 2.45) is 17.8 Å². The van der Waals surface area contributed by atoms with Gasteiger partial charge in [-0.3, -0.25) is 0 Å². The molecule has 0 aromatic rings. The molecule has 1 heteroatoms. The molecule has 0 bridgehead atoms. The lowest BCUT2D eigenvalue weighted by Gasteiger charge is -2.30. The summed E-state index contributed by atoms with van der Waals surface area (Å²) in [4.78, 5) is 2.32. The zero-order valence-corrected chi connectivity index (χ0v) is 11.5. The maximum atomic E-state index is 4.14. The number of allylic oxidation sites excluding steroid dienone is 1. The van der Waals surface area contributed by atoms with E-state index < -0.39 is 0 Å². The Balaban J connectivity index is 4.05. The monoisotopic (exact) mass is 211 g/mol. The highest BCUT2D eigenvalue weighted by Gasteiger charge is 2.15. The van der Waals surface area contributed by atoms with Crippen LogP contribution in [0, 0.1) is 17.8 Å². The molecule has 0 saturated heterocycles. The van der Waals surface area contributed by atoms with E-state index in [1.807, 2.05) is 0 Å². The first-order valence-electron chi connectivity index (χ1n) is 6.30. The summed E-state index contributed by atoms with van der Waals surface area (Å²) in [5.41, 5.74) is 1.26. The van der Waals surface area contributed by atoms with Gasteiger partial charge in [0.05, 0.1) is 0 Å². The lowest BCUT2D eigenvalue weighted by molar-refractivity contribution is 0.257. The summed E-state index contributed by atoms with van der Waals surface area (Å²) in [6.07, 6.45) is 2.63. The van der Waals surface area contributed by atoms with Gasteiger partial charge >= 0.3 is 0 Å². The van der Waals surface area contributed by atoms with E-state index in [9.17, 15) is 0 Å². The van der Waals surface area contributed by atoms with Gasteiger partial charge in [0.25, 0.3) is 0 Å². The molecule has 0 N–H and O–H groups in total. The molecule has 0 saturated carbocycles. The SMILES string of the molecule is C=C(C(C)C)N(C)CC(C)C(C)CCC. The van der Waals surface area contributed by atoms with Crippen LogP contribution >= 0.6 is 0 Å². The largest absolute Gasteiger partial charge is 0.378 e. The molecule has 0 aromatic heterocycles. The van der Waals surface area contributed by atoms with E-state index in [-0.39, 0.29) is 0 Å². The van der Waals surface area contributed by atoms with Crippen LogP contribution in [0.3, 0.4) is 0 Å². The topological polar surface area (TPSA) is 3.24 Å². The predicted octanol–water partition coefficient (Wildman–Crippen LogP) is 4.16. The standard InChI is InChI=1S/C14H29N/c1-8-9-12(4)13(5)10-15(7)14(6)11(2)3/h11-13H,6,8-10H2,1-5,7H3. The van der Waals surface area contributed by atoms with E-state index >= 15 is 0 Å². The van der Waals surface area contributed by atoms with Crippen LogP contribution in [0.15, 0.2) is 12.3 Å². The minimum atomic E-state index is 0.559. The molecule has 0 rings (SSSR count). The van der Waals surface area contributed by atoms with Crippen molar-refractivity contribution in [2.75, 3.05) is 13.6 Å². The molecule has 0 fully saturated rings. The molecule has 0 amide bonds. The molecule has 15 heavy (non-hydrogen) atoms. The summed E-state index contributed by atoms with van der Waals surface area (Å²) < 4.78 is 0. The quantitative estimate of drug-likeness (QED) is 0.611. The van der Waals surface area contributed by atoms with Crippen LogP contribution in [-0.4, -0.2) is 18.5 Å². The van der Waals surface area contributed by atoms with Gasteiger partial charge in [-0.05, 0) is 17.8 Å². The van der Waals surface area contributed by atoms with Crippen LogP contribution in [-0.2, 0) is 0 Å². The average Bonchev–Trinajstić information content (AvgIpc) is 2.16. The van der Waals surface area contributed by atoms with Gasteiger partial charge in [0.15, 0.2) is 0 Å². The third kappa shape index (κ3) is 5.25. The molecular weight excluding hydrogens is 182 g/mol. The van der Waals surface area contributed by atoms with Gasteiger partial charge in [-0.1, -0.05) is 54.0 Å². The number of hydrogen-bond donors (Lipinski definition) is 0. The number of nitrogens with zero attached hydrogens (tertiary/aromatic N) is 1. The Morgan fingerprint density at radius 1 is 1.13 bits per heavy atom. The highest BCUT2D eigenvalue weighted by atomic mass is 15.1. The van der Waals surface area contributed by atoms with Crippen LogP contribution in [0.4, 0.5) is 0 Å². The van der Waals surface area contributed by atoms with E-state index in [2.05, 4.69) is 53.1 Å². The Labute approximate surface area is 96.6 Å². The second-order valence-electron chi connectivity index (χ2n) is 5.27. The molecule has 0 heterocycles. The van der Waals surface area contributed by atoms with Crippen LogP contribution in [0.5, 0.6) is 0 Å². The average molecular weight is 211 g/mol. The normalized spacial score (nSPS) is 15.1. The summed E-state index contributed by atoms with van der Waals surface area (Å²) in [5.74, 6) is 2.13. The van der Waals surface area contributed by atoms with Crippen LogP contribution < -0.4 is 0 Å². The molecule has 0 aliphatic rings. The number of rotatable bonds is 7.